The molecule has 5 nitrogen and oxygen atoms in total. The Hall–Kier alpha value is -0.520. The maximum Gasteiger partial charge on any atom is 0.331 e. The van der Waals surface area contributed by atoms with Crippen LogP contribution in [0.1, 0.15) is 0 Å². The smallest absolute Gasteiger partial charge is 0.321 e. The van der Waals surface area contributed by atoms with Gasteiger partial charge in [-0.25, -0.2) is 10.6 Å². The molecule has 0 aromatic heterocycles. The summed E-state index contributed by atoms with van der Waals surface area (Å²) in [6, 6.07) is -0.182. The lowest BCUT2D eigenvalue weighted by atomic mass is 10.3. The van der Waals surface area contributed by atoms with Crippen LogP contribution in [0.3, 0.4) is 0 Å². The van der Waals surface area contributed by atoms with Gasteiger partial charge in [0.1, 0.15) is 0 Å². The Morgan fingerprint density at radius 3 is 2.25 bits per heavy atom. The molecule has 0 radical (unpaired) electrons. The number of urea groups is 1. The van der Waals surface area contributed by atoms with E-state index < -0.39 is 0 Å². The molecule has 1 saturated heterocycles. The van der Waals surface area contributed by atoms with Gasteiger partial charge in [0.2, 0.25) is 0 Å². The molecular weight excluding hydrogens is 180 g/mol. The van der Waals surface area contributed by atoms with E-state index in [9.17, 15) is 4.79 Å². The van der Waals surface area contributed by atoms with Gasteiger partial charge in [0, 0.05) is 26.2 Å². The van der Waals surface area contributed by atoms with Crippen LogP contribution < -0.4 is 11.3 Å². The average molecular weight is 195 g/mol. The Morgan fingerprint density at radius 2 is 1.83 bits per heavy atom. The van der Waals surface area contributed by atoms with Crippen LogP contribution in [-0.4, -0.2) is 49.1 Å². The number of piperazine rings is 1. The summed E-state index contributed by atoms with van der Waals surface area (Å²) >= 11 is 0. The Balaban J connectivity index is 0.00000121. The van der Waals surface area contributed by atoms with Crippen LogP contribution in [0.2, 0.25) is 0 Å². The van der Waals surface area contributed by atoms with E-state index in [1.165, 1.54) is 0 Å². The predicted molar refractivity (Wildman–Crippen MR) is 49.0 cm³/mol. The zero-order valence-corrected chi connectivity index (χ0v) is 7.93. The van der Waals surface area contributed by atoms with Gasteiger partial charge in [-0.15, -0.1) is 12.4 Å². The molecule has 2 amide bonds. The lowest BCUT2D eigenvalue weighted by Crippen LogP contribution is -2.52. The highest BCUT2D eigenvalue weighted by Crippen LogP contribution is 1.97. The second kappa shape index (κ2) is 5.18. The number of carbonyl (C=O) groups is 1. The number of hydrazine groups is 1. The van der Waals surface area contributed by atoms with Crippen molar-refractivity contribution in [2.75, 3.05) is 33.2 Å². The summed E-state index contributed by atoms with van der Waals surface area (Å²) in [6.45, 7) is 3.37. The third-order valence-electron chi connectivity index (χ3n) is 1.91. The molecule has 0 aliphatic carbocycles. The monoisotopic (exact) mass is 194 g/mol. The molecule has 12 heavy (non-hydrogen) atoms. The predicted octanol–water partition coefficient (Wildman–Crippen LogP) is -0.761. The molecule has 1 rings (SSSR count). The Kier molecular flexibility index (Phi) is 4.96. The number of likely N-dealkylation sites (N-methyl/N-ethyl adjacent to an activating group) is 1. The first-order valence-electron chi connectivity index (χ1n) is 3.68. The van der Waals surface area contributed by atoms with Crippen LogP contribution in [0.15, 0.2) is 0 Å². The van der Waals surface area contributed by atoms with E-state index in [0.29, 0.717) is 0 Å². The molecule has 1 aliphatic rings. The number of halogens is 1. The topological polar surface area (TPSA) is 61.6 Å². The summed E-state index contributed by atoms with van der Waals surface area (Å²) in [5.41, 5.74) is 2.12. The number of hydrogen-bond acceptors (Lipinski definition) is 3. The zero-order chi connectivity index (χ0) is 8.27. The van der Waals surface area contributed by atoms with Crippen molar-refractivity contribution in [3.05, 3.63) is 0 Å². The minimum atomic E-state index is -0.182. The first-order valence-corrected chi connectivity index (χ1v) is 3.68. The lowest BCUT2D eigenvalue weighted by molar-refractivity contribution is 0.154. The largest absolute Gasteiger partial charge is 0.331 e. The first kappa shape index (κ1) is 11.5. The van der Waals surface area contributed by atoms with E-state index in [4.69, 9.17) is 5.84 Å². The number of nitrogens with zero attached hydrogens (tertiary/aromatic N) is 2. The normalized spacial score (nSPS) is 18.3. The molecule has 6 heteroatoms. The van der Waals surface area contributed by atoms with Gasteiger partial charge in [-0.3, -0.25) is 5.43 Å². The molecule has 0 aromatic carbocycles. The van der Waals surface area contributed by atoms with Crippen LogP contribution in [0.5, 0.6) is 0 Å². The minimum absolute atomic E-state index is 0. The molecule has 0 unspecified atom stereocenters. The highest BCUT2D eigenvalue weighted by molar-refractivity contribution is 5.85. The molecule has 1 heterocycles. The van der Waals surface area contributed by atoms with Crippen LogP contribution in [0.4, 0.5) is 4.79 Å². The van der Waals surface area contributed by atoms with Crippen molar-refractivity contribution in [3.8, 4) is 0 Å². The van der Waals surface area contributed by atoms with Gasteiger partial charge in [0.05, 0.1) is 0 Å². The average Bonchev–Trinajstić information content (AvgIpc) is 2.05. The van der Waals surface area contributed by atoms with E-state index >= 15 is 0 Å². The van der Waals surface area contributed by atoms with Crippen molar-refractivity contribution in [1.82, 2.24) is 15.2 Å². The molecule has 0 atom stereocenters. The maximum absolute atomic E-state index is 10.9. The van der Waals surface area contributed by atoms with Crippen LogP contribution in [0, 0.1) is 0 Å². The quantitative estimate of drug-likeness (QED) is 0.303. The fourth-order valence-corrected chi connectivity index (χ4v) is 1.10. The lowest BCUT2D eigenvalue weighted by Gasteiger charge is -2.31. The van der Waals surface area contributed by atoms with Gasteiger partial charge in [-0.05, 0) is 7.05 Å². The Labute approximate surface area is 78.3 Å². The van der Waals surface area contributed by atoms with Gasteiger partial charge in [-0.1, -0.05) is 0 Å². The van der Waals surface area contributed by atoms with Gasteiger partial charge >= 0.3 is 6.03 Å². The molecule has 1 fully saturated rings. The van der Waals surface area contributed by atoms with E-state index in [-0.39, 0.29) is 18.4 Å². The summed E-state index contributed by atoms with van der Waals surface area (Å²) in [4.78, 5) is 14.8. The van der Waals surface area contributed by atoms with Crippen molar-refractivity contribution in [2.24, 2.45) is 5.84 Å². The fraction of sp³-hybridized carbons (Fsp3) is 0.833. The number of amides is 2. The Bertz CT molecular complexity index is 146. The second-order valence-electron chi connectivity index (χ2n) is 2.74. The number of rotatable bonds is 0. The summed E-state index contributed by atoms with van der Waals surface area (Å²) in [6.07, 6.45) is 0. The van der Waals surface area contributed by atoms with Gasteiger partial charge in [-0.2, -0.15) is 0 Å². The highest BCUT2D eigenvalue weighted by Gasteiger charge is 2.17. The van der Waals surface area contributed by atoms with Gasteiger partial charge in [0.25, 0.3) is 0 Å². The molecule has 72 valence electrons. The molecule has 0 saturated carbocycles. The third kappa shape index (κ3) is 2.84. The summed E-state index contributed by atoms with van der Waals surface area (Å²) < 4.78 is 0. The van der Waals surface area contributed by atoms with Crippen LogP contribution in [0.25, 0.3) is 0 Å². The van der Waals surface area contributed by atoms with Crippen molar-refractivity contribution in [2.45, 2.75) is 0 Å². The van der Waals surface area contributed by atoms with Crippen molar-refractivity contribution in [1.29, 1.82) is 0 Å². The van der Waals surface area contributed by atoms with E-state index in [1.807, 2.05) is 7.05 Å². The van der Waals surface area contributed by atoms with Crippen LogP contribution in [-0.2, 0) is 0 Å². The van der Waals surface area contributed by atoms with Gasteiger partial charge < -0.3 is 9.80 Å². The van der Waals surface area contributed by atoms with Crippen molar-refractivity contribution in [3.63, 3.8) is 0 Å². The Morgan fingerprint density at radius 1 is 1.33 bits per heavy atom. The summed E-state index contributed by atoms with van der Waals surface area (Å²) in [5.74, 6) is 4.98. The number of nitrogens with two attached hydrogens (primary N) is 1. The standard InChI is InChI=1S/C6H14N4O.ClH/c1-9-2-4-10(5-3-9)6(11)8-7;/h2-5,7H2,1H3,(H,8,11);1H. The third-order valence-corrected chi connectivity index (χ3v) is 1.91. The summed E-state index contributed by atoms with van der Waals surface area (Å²) in [7, 11) is 2.04. The molecule has 0 aromatic rings. The van der Waals surface area contributed by atoms with E-state index in [0.717, 1.165) is 26.2 Å². The molecule has 0 spiro atoms. The molecular formula is C6H15ClN4O. The fourth-order valence-electron chi connectivity index (χ4n) is 1.10. The number of hydrogen-bond donors (Lipinski definition) is 2. The maximum atomic E-state index is 10.9. The molecule has 0 bridgehead atoms. The van der Waals surface area contributed by atoms with Crippen molar-refractivity contribution < 1.29 is 4.79 Å². The minimum Gasteiger partial charge on any atom is -0.321 e. The summed E-state index contributed by atoms with van der Waals surface area (Å²) in [5, 5.41) is 0. The molecule has 1 aliphatic heterocycles. The van der Waals surface area contributed by atoms with E-state index in [1.54, 1.807) is 4.90 Å². The van der Waals surface area contributed by atoms with Crippen LogP contribution >= 0.6 is 12.4 Å². The number of carbonyl (C=O) groups excluding carboxylic acids is 1. The second-order valence-corrected chi connectivity index (χ2v) is 2.74. The highest BCUT2D eigenvalue weighted by atomic mass is 35.5. The number of nitrogens with one attached hydrogen (secondary N) is 1. The zero-order valence-electron chi connectivity index (χ0n) is 7.12. The SMILES string of the molecule is CN1CCN(C(=O)NN)CC1.Cl. The van der Waals surface area contributed by atoms with Gasteiger partial charge in [0.15, 0.2) is 0 Å². The van der Waals surface area contributed by atoms with Crippen molar-refractivity contribution >= 4 is 18.4 Å². The first-order chi connectivity index (χ1) is 5.24. The molecule has 3 N–H and O–H groups in total. The van der Waals surface area contributed by atoms with E-state index in [2.05, 4.69) is 10.3 Å².